The van der Waals surface area contributed by atoms with Gasteiger partial charge in [-0.2, -0.15) is 20.2 Å². The third-order valence-electron chi connectivity index (χ3n) is 5.63. The fourth-order valence-electron chi connectivity index (χ4n) is 3.87. The maximum atomic E-state index is 10.0. The van der Waals surface area contributed by atoms with Crippen LogP contribution in [-0.4, -0.2) is 67.5 Å². The van der Waals surface area contributed by atoms with Crippen molar-refractivity contribution in [2.45, 2.75) is 13.0 Å². The zero-order chi connectivity index (χ0) is 23.3. The van der Waals surface area contributed by atoms with Gasteiger partial charge in [0.1, 0.15) is 5.82 Å². The lowest BCUT2D eigenvalue weighted by molar-refractivity contribution is 0.122. The number of hydrogen-bond donors (Lipinski definition) is 1. The van der Waals surface area contributed by atoms with Gasteiger partial charge in [0.15, 0.2) is 5.82 Å². The second kappa shape index (κ2) is 10.0. The molecular weight excluding hydrogens is 434 g/mol. The summed E-state index contributed by atoms with van der Waals surface area (Å²) in [7, 11) is 1.89. The number of aliphatic hydroxyl groups is 1. The molecule has 4 aromatic rings. The molecule has 1 aliphatic rings. The summed E-state index contributed by atoms with van der Waals surface area (Å²) in [6.45, 7) is 2.98. The first-order valence-corrected chi connectivity index (χ1v) is 11.3. The number of hydrogen-bond acceptors (Lipinski definition) is 8. The molecule has 1 saturated heterocycles. The molecule has 0 radical (unpaired) electrons. The molecule has 0 bridgehead atoms. The highest BCUT2D eigenvalue weighted by Gasteiger charge is 2.19. The molecule has 0 amide bonds. The minimum Gasteiger partial charge on any atom is -0.463 e. The number of aromatic nitrogens is 6. The summed E-state index contributed by atoms with van der Waals surface area (Å²) in [6, 6.07) is 13.9. The van der Waals surface area contributed by atoms with Gasteiger partial charge in [0, 0.05) is 44.4 Å². The minimum atomic E-state index is -0.173. The molecule has 176 valence electrons. The Balaban J connectivity index is 1.46. The first kappa shape index (κ1) is 22.1. The fraction of sp³-hybridized carbons (Fsp3) is 0.333. The van der Waals surface area contributed by atoms with Gasteiger partial charge in [0.2, 0.25) is 0 Å². The number of morpholine rings is 1. The molecule has 1 aliphatic heterocycles. The van der Waals surface area contributed by atoms with Gasteiger partial charge in [0.25, 0.3) is 0 Å². The van der Waals surface area contributed by atoms with Crippen molar-refractivity contribution in [2.24, 2.45) is 7.05 Å². The Morgan fingerprint density at radius 2 is 1.85 bits per heavy atom. The van der Waals surface area contributed by atoms with Gasteiger partial charge in [-0.1, -0.05) is 30.3 Å². The van der Waals surface area contributed by atoms with Gasteiger partial charge in [-0.05, 0) is 11.6 Å². The molecule has 0 atom stereocenters. The van der Waals surface area contributed by atoms with E-state index in [1.54, 1.807) is 9.36 Å². The topological polar surface area (TPSA) is 103 Å². The first-order chi connectivity index (χ1) is 16.7. The molecule has 0 unspecified atom stereocenters. The van der Waals surface area contributed by atoms with Gasteiger partial charge >= 0.3 is 6.01 Å². The third-order valence-corrected chi connectivity index (χ3v) is 5.63. The molecule has 0 spiro atoms. The Hall–Kier alpha value is -3.76. The average Bonchev–Trinajstić information content (AvgIpc) is 3.51. The lowest BCUT2D eigenvalue weighted by Crippen LogP contribution is -2.37. The van der Waals surface area contributed by atoms with Gasteiger partial charge in [-0.25, -0.2) is 4.68 Å². The van der Waals surface area contributed by atoms with E-state index in [-0.39, 0.29) is 12.6 Å². The lowest BCUT2D eigenvalue weighted by atomic mass is 10.1. The van der Waals surface area contributed by atoms with Crippen LogP contribution in [0.1, 0.15) is 11.3 Å². The minimum absolute atomic E-state index is 0.173. The summed E-state index contributed by atoms with van der Waals surface area (Å²) < 4.78 is 14.9. The Morgan fingerprint density at radius 1 is 1.06 bits per heavy atom. The van der Waals surface area contributed by atoms with Crippen molar-refractivity contribution in [1.29, 1.82) is 0 Å². The molecule has 5 rings (SSSR count). The van der Waals surface area contributed by atoms with Crippen molar-refractivity contribution in [3.05, 3.63) is 66.1 Å². The standard InChI is InChI=1S/C24H27N7O3/c1-29-16-18(15-25-29)7-10-34-24-26-22(30-8-11-33-12-9-30)14-23(27-24)31-20(17-32)13-21(28-31)19-5-3-2-4-6-19/h2-6,13-16,32H,7-12,17H2,1H3. The van der Waals surface area contributed by atoms with Crippen LogP contribution in [0, 0.1) is 0 Å². The number of benzene rings is 1. The van der Waals surface area contributed by atoms with E-state index in [0.717, 1.165) is 35.7 Å². The highest BCUT2D eigenvalue weighted by molar-refractivity contribution is 5.60. The molecule has 10 nitrogen and oxygen atoms in total. The summed E-state index contributed by atoms with van der Waals surface area (Å²) >= 11 is 0. The summed E-state index contributed by atoms with van der Waals surface area (Å²) in [5.74, 6) is 1.28. The van der Waals surface area contributed by atoms with Crippen LogP contribution in [0.3, 0.4) is 0 Å². The molecule has 4 heterocycles. The summed E-state index contributed by atoms with van der Waals surface area (Å²) in [4.78, 5) is 11.4. The van der Waals surface area contributed by atoms with E-state index < -0.39 is 0 Å². The third kappa shape index (κ3) is 4.92. The Labute approximate surface area is 197 Å². The highest BCUT2D eigenvalue weighted by atomic mass is 16.5. The van der Waals surface area contributed by atoms with Crippen LogP contribution in [0.2, 0.25) is 0 Å². The van der Waals surface area contributed by atoms with Crippen molar-refractivity contribution in [2.75, 3.05) is 37.8 Å². The molecule has 10 heteroatoms. The van der Waals surface area contributed by atoms with E-state index in [9.17, 15) is 5.11 Å². The molecule has 3 aromatic heterocycles. The van der Waals surface area contributed by atoms with Gasteiger partial charge in [-0.3, -0.25) is 4.68 Å². The van der Waals surface area contributed by atoms with Crippen LogP contribution < -0.4 is 9.64 Å². The molecule has 1 aromatic carbocycles. The second-order valence-electron chi connectivity index (χ2n) is 8.04. The van der Waals surface area contributed by atoms with E-state index in [1.807, 2.05) is 61.9 Å². The van der Waals surface area contributed by atoms with Crippen molar-refractivity contribution >= 4 is 5.82 Å². The quantitative estimate of drug-likeness (QED) is 0.425. The van der Waals surface area contributed by atoms with Crippen LogP contribution in [0.5, 0.6) is 6.01 Å². The summed E-state index contributed by atoms with van der Waals surface area (Å²) in [6.07, 6.45) is 4.47. The predicted octanol–water partition coefficient (Wildman–Crippen LogP) is 2.01. The molecular formula is C24H27N7O3. The smallest absolute Gasteiger partial charge is 0.320 e. The number of rotatable bonds is 8. The van der Waals surface area contributed by atoms with Crippen molar-refractivity contribution < 1.29 is 14.6 Å². The van der Waals surface area contributed by atoms with E-state index in [0.29, 0.717) is 37.8 Å². The van der Waals surface area contributed by atoms with Crippen molar-refractivity contribution in [1.82, 2.24) is 29.5 Å². The van der Waals surface area contributed by atoms with E-state index in [1.165, 1.54) is 0 Å². The van der Waals surface area contributed by atoms with Crippen LogP contribution in [-0.2, 0) is 24.8 Å². The Morgan fingerprint density at radius 3 is 2.59 bits per heavy atom. The van der Waals surface area contributed by atoms with E-state index >= 15 is 0 Å². The number of anilines is 1. The van der Waals surface area contributed by atoms with Crippen LogP contribution in [0.4, 0.5) is 5.82 Å². The first-order valence-electron chi connectivity index (χ1n) is 11.3. The monoisotopic (exact) mass is 461 g/mol. The van der Waals surface area contributed by atoms with Crippen LogP contribution in [0.25, 0.3) is 17.1 Å². The highest BCUT2D eigenvalue weighted by Crippen LogP contribution is 2.24. The summed E-state index contributed by atoms with van der Waals surface area (Å²) in [5.41, 5.74) is 3.43. The van der Waals surface area contributed by atoms with E-state index in [4.69, 9.17) is 14.6 Å². The SMILES string of the molecule is Cn1cc(CCOc2nc(N3CCOCC3)cc(-n3nc(-c4ccccc4)cc3CO)n2)cn1. The molecule has 0 aliphatic carbocycles. The van der Waals surface area contributed by atoms with Crippen molar-refractivity contribution in [3.8, 4) is 23.1 Å². The largest absolute Gasteiger partial charge is 0.463 e. The molecule has 34 heavy (non-hydrogen) atoms. The molecule has 1 N–H and O–H groups in total. The van der Waals surface area contributed by atoms with E-state index in [2.05, 4.69) is 20.0 Å². The molecule has 1 fully saturated rings. The fourth-order valence-corrected chi connectivity index (χ4v) is 3.87. The predicted molar refractivity (Wildman–Crippen MR) is 126 cm³/mol. The Bertz CT molecular complexity index is 1230. The van der Waals surface area contributed by atoms with Crippen molar-refractivity contribution in [3.63, 3.8) is 0 Å². The summed E-state index contributed by atoms with van der Waals surface area (Å²) in [5, 5.41) is 19.0. The molecule has 0 saturated carbocycles. The maximum absolute atomic E-state index is 10.0. The zero-order valence-corrected chi connectivity index (χ0v) is 19.0. The maximum Gasteiger partial charge on any atom is 0.320 e. The number of aliphatic hydroxyl groups excluding tert-OH is 1. The van der Waals surface area contributed by atoms with Crippen LogP contribution >= 0.6 is 0 Å². The van der Waals surface area contributed by atoms with Gasteiger partial charge in [0.05, 0.1) is 44.0 Å². The van der Waals surface area contributed by atoms with Gasteiger partial charge in [-0.15, -0.1) is 0 Å². The number of ether oxygens (including phenoxy) is 2. The van der Waals surface area contributed by atoms with Gasteiger partial charge < -0.3 is 19.5 Å². The lowest BCUT2D eigenvalue weighted by Gasteiger charge is -2.28. The number of nitrogens with zero attached hydrogens (tertiary/aromatic N) is 7. The average molecular weight is 462 g/mol. The van der Waals surface area contributed by atoms with Crippen LogP contribution in [0.15, 0.2) is 54.9 Å². The Kier molecular flexibility index (Phi) is 6.50. The zero-order valence-electron chi connectivity index (χ0n) is 19.0. The second-order valence-corrected chi connectivity index (χ2v) is 8.04. The normalized spacial score (nSPS) is 13.9. The number of aryl methyl sites for hydroxylation is 1.